The summed E-state index contributed by atoms with van der Waals surface area (Å²) in [5, 5.41) is 0. The number of methoxy groups -OCH3 is 2. The van der Waals surface area contributed by atoms with E-state index in [2.05, 4.69) is 9.62 Å². The first-order valence-electron chi connectivity index (χ1n) is 8.22. The molecule has 0 saturated carbocycles. The number of hydrogen-bond donors (Lipinski definition) is 1. The van der Waals surface area contributed by atoms with Gasteiger partial charge in [0.05, 0.1) is 38.8 Å². The number of benzene rings is 2. The van der Waals surface area contributed by atoms with Gasteiger partial charge in [0.2, 0.25) is 0 Å². The molecule has 0 spiro atoms. The van der Waals surface area contributed by atoms with Gasteiger partial charge in [-0.3, -0.25) is 4.72 Å². The van der Waals surface area contributed by atoms with E-state index in [-0.39, 0.29) is 10.6 Å². The molecule has 3 rings (SSSR count). The smallest absolute Gasteiger partial charge is 0.265 e. The second kappa shape index (κ2) is 7.84. The van der Waals surface area contributed by atoms with Gasteiger partial charge in [0.25, 0.3) is 10.0 Å². The molecule has 2 aromatic rings. The Morgan fingerprint density at radius 3 is 2.46 bits per heavy atom. The van der Waals surface area contributed by atoms with Gasteiger partial charge in [-0.1, -0.05) is 12.1 Å². The number of ether oxygens (including phenoxy) is 3. The molecule has 26 heavy (non-hydrogen) atoms. The zero-order valence-electron chi connectivity index (χ0n) is 14.8. The van der Waals surface area contributed by atoms with E-state index in [9.17, 15) is 8.42 Å². The third-order valence-electron chi connectivity index (χ3n) is 4.16. The molecule has 0 aliphatic carbocycles. The fraction of sp³-hybridized carbons (Fsp3) is 0.333. The topological polar surface area (TPSA) is 77.1 Å². The highest BCUT2D eigenvalue weighted by Crippen LogP contribution is 2.33. The molecule has 1 N–H and O–H groups in total. The number of hydrogen-bond acceptors (Lipinski definition) is 6. The normalized spacial score (nSPS) is 14.8. The fourth-order valence-electron chi connectivity index (χ4n) is 2.83. The van der Waals surface area contributed by atoms with Gasteiger partial charge in [0, 0.05) is 19.2 Å². The molecule has 1 fully saturated rings. The Labute approximate surface area is 153 Å². The fourth-order valence-corrected chi connectivity index (χ4v) is 4.09. The van der Waals surface area contributed by atoms with Crippen LogP contribution < -0.4 is 19.1 Å². The van der Waals surface area contributed by atoms with Crippen molar-refractivity contribution in [2.24, 2.45) is 0 Å². The number of sulfonamides is 1. The molecule has 0 bridgehead atoms. The molecule has 0 atom stereocenters. The first kappa shape index (κ1) is 18.3. The van der Waals surface area contributed by atoms with Gasteiger partial charge < -0.3 is 19.1 Å². The zero-order chi connectivity index (χ0) is 18.6. The Hall–Kier alpha value is -2.45. The Morgan fingerprint density at radius 1 is 1.04 bits per heavy atom. The monoisotopic (exact) mass is 378 g/mol. The summed E-state index contributed by atoms with van der Waals surface area (Å²) in [6, 6.07) is 12.0. The van der Waals surface area contributed by atoms with Gasteiger partial charge >= 0.3 is 0 Å². The third kappa shape index (κ3) is 3.86. The van der Waals surface area contributed by atoms with Crippen molar-refractivity contribution in [1.82, 2.24) is 0 Å². The highest BCUT2D eigenvalue weighted by Gasteiger charge is 2.23. The van der Waals surface area contributed by atoms with Gasteiger partial charge in [-0.25, -0.2) is 8.42 Å². The molecule has 140 valence electrons. The molecule has 1 aliphatic heterocycles. The zero-order valence-corrected chi connectivity index (χ0v) is 15.6. The predicted molar refractivity (Wildman–Crippen MR) is 99.8 cm³/mol. The number of nitrogens with one attached hydrogen (secondary N) is 1. The average Bonchev–Trinajstić information content (AvgIpc) is 2.68. The molecule has 0 unspecified atom stereocenters. The Kier molecular flexibility index (Phi) is 5.53. The van der Waals surface area contributed by atoms with Gasteiger partial charge in [0.1, 0.15) is 16.4 Å². The standard InChI is InChI=1S/C18H22N2O5S/c1-23-14-7-8-17(24-2)18(13-14)26(21,22)19-15-5-3-4-6-16(15)20-9-11-25-12-10-20/h3-8,13,19H,9-12H2,1-2H3. The van der Waals surface area contributed by atoms with Crippen LogP contribution in [0.3, 0.4) is 0 Å². The summed E-state index contributed by atoms with van der Waals surface area (Å²) in [4.78, 5) is 2.13. The first-order chi connectivity index (χ1) is 12.5. The van der Waals surface area contributed by atoms with Crippen LogP contribution in [-0.4, -0.2) is 48.9 Å². The van der Waals surface area contributed by atoms with Crippen molar-refractivity contribution >= 4 is 21.4 Å². The highest BCUT2D eigenvalue weighted by molar-refractivity contribution is 7.92. The lowest BCUT2D eigenvalue weighted by Gasteiger charge is -2.30. The van der Waals surface area contributed by atoms with Crippen LogP contribution in [0.5, 0.6) is 11.5 Å². The minimum Gasteiger partial charge on any atom is -0.497 e. The molecule has 1 saturated heterocycles. The maximum Gasteiger partial charge on any atom is 0.265 e. The molecular formula is C18H22N2O5S. The maximum atomic E-state index is 13.0. The lowest BCUT2D eigenvalue weighted by atomic mass is 10.2. The summed E-state index contributed by atoms with van der Waals surface area (Å²) in [5.74, 6) is 0.690. The summed E-state index contributed by atoms with van der Waals surface area (Å²) in [6.07, 6.45) is 0. The van der Waals surface area contributed by atoms with E-state index in [1.165, 1.54) is 20.3 Å². The van der Waals surface area contributed by atoms with E-state index in [4.69, 9.17) is 14.2 Å². The van der Waals surface area contributed by atoms with Crippen LogP contribution in [-0.2, 0) is 14.8 Å². The van der Waals surface area contributed by atoms with Gasteiger partial charge in [0.15, 0.2) is 0 Å². The second-order valence-corrected chi connectivity index (χ2v) is 7.39. The van der Waals surface area contributed by atoms with Crippen LogP contribution in [0.25, 0.3) is 0 Å². The van der Waals surface area contributed by atoms with Crippen molar-refractivity contribution in [2.75, 3.05) is 50.1 Å². The van der Waals surface area contributed by atoms with Crippen LogP contribution in [0.15, 0.2) is 47.4 Å². The lowest BCUT2D eigenvalue weighted by Crippen LogP contribution is -2.36. The van der Waals surface area contributed by atoms with E-state index >= 15 is 0 Å². The largest absolute Gasteiger partial charge is 0.497 e. The lowest BCUT2D eigenvalue weighted by molar-refractivity contribution is 0.123. The molecule has 0 amide bonds. The molecule has 2 aromatic carbocycles. The van der Waals surface area contributed by atoms with Crippen molar-refractivity contribution in [3.63, 3.8) is 0 Å². The molecule has 8 heteroatoms. The Balaban J connectivity index is 1.96. The second-order valence-electron chi connectivity index (χ2n) is 5.74. The van der Waals surface area contributed by atoms with Crippen molar-refractivity contribution in [1.29, 1.82) is 0 Å². The highest BCUT2D eigenvalue weighted by atomic mass is 32.2. The maximum absolute atomic E-state index is 13.0. The van der Waals surface area contributed by atoms with Gasteiger partial charge in [-0.2, -0.15) is 0 Å². The van der Waals surface area contributed by atoms with E-state index in [0.29, 0.717) is 37.7 Å². The molecule has 7 nitrogen and oxygen atoms in total. The average molecular weight is 378 g/mol. The minimum absolute atomic E-state index is 0.0242. The van der Waals surface area contributed by atoms with E-state index in [1.54, 1.807) is 24.3 Å². The van der Waals surface area contributed by atoms with Gasteiger partial charge in [-0.15, -0.1) is 0 Å². The summed E-state index contributed by atoms with van der Waals surface area (Å²) in [5.41, 5.74) is 1.33. The summed E-state index contributed by atoms with van der Waals surface area (Å²) in [7, 11) is -0.944. The number of para-hydroxylation sites is 2. The van der Waals surface area contributed by atoms with Crippen LogP contribution in [0, 0.1) is 0 Å². The van der Waals surface area contributed by atoms with Crippen LogP contribution >= 0.6 is 0 Å². The van der Waals surface area contributed by atoms with E-state index in [0.717, 1.165) is 5.69 Å². The van der Waals surface area contributed by atoms with Crippen molar-refractivity contribution < 1.29 is 22.6 Å². The number of rotatable bonds is 6. The number of anilines is 2. The summed E-state index contributed by atoms with van der Waals surface area (Å²) >= 11 is 0. The minimum atomic E-state index is -3.86. The molecule has 1 heterocycles. The summed E-state index contributed by atoms with van der Waals surface area (Å²) < 4.78 is 44.4. The molecular weight excluding hydrogens is 356 g/mol. The number of nitrogens with zero attached hydrogens (tertiary/aromatic N) is 1. The number of morpholine rings is 1. The van der Waals surface area contributed by atoms with Crippen molar-refractivity contribution in [3.8, 4) is 11.5 Å². The first-order valence-corrected chi connectivity index (χ1v) is 9.70. The third-order valence-corrected chi connectivity index (χ3v) is 5.55. The molecule has 0 radical (unpaired) electrons. The van der Waals surface area contributed by atoms with Crippen molar-refractivity contribution in [3.05, 3.63) is 42.5 Å². The van der Waals surface area contributed by atoms with E-state index < -0.39 is 10.0 Å². The SMILES string of the molecule is COc1ccc(OC)c(S(=O)(=O)Nc2ccccc2N2CCOCC2)c1. The summed E-state index contributed by atoms with van der Waals surface area (Å²) in [6.45, 7) is 2.65. The van der Waals surface area contributed by atoms with Crippen LogP contribution in [0.1, 0.15) is 0 Å². The van der Waals surface area contributed by atoms with Crippen LogP contribution in [0.2, 0.25) is 0 Å². The van der Waals surface area contributed by atoms with E-state index in [1.807, 2.05) is 12.1 Å². The Morgan fingerprint density at radius 2 is 1.77 bits per heavy atom. The Bertz CT molecular complexity index is 864. The molecule has 0 aromatic heterocycles. The van der Waals surface area contributed by atoms with Crippen LogP contribution in [0.4, 0.5) is 11.4 Å². The van der Waals surface area contributed by atoms with Gasteiger partial charge in [-0.05, 0) is 24.3 Å². The molecule has 1 aliphatic rings. The quantitative estimate of drug-likeness (QED) is 0.831. The van der Waals surface area contributed by atoms with Crippen molar-refractivity contribution in [2.45, 2.75) is 4.90 Å². The predicted octanol–water partition coefficient (Wildman–Crippen LogP) is 2.34.